The summed E-state index contributed by atoms with van der Waals surface area (Å²) < 4.78 is 39.9. The molecule has 0 unspecified atom stereocenters. The summed E-state index contributed by atoms with van der Waals surface area (Å²) in [5.41, 5.74) is 7.31. The summed E-state index contributed by atoms with van der Waals surface area (Å²) in [5, 5.41) is 0. The Labute approximate surface area is 150 Å². The van der Waals surface area contributed by atoms with Crippen LogP contribution in [0.1, 0.15) is 11.3 Å². The molecular weight excluding hydrogens is 355 g/mol. The molecule has 0 bridgehead atoms. The molecule has 0 spiro atoms. The third-order valence-corrected chi connectivity index (χ3v) is 4.75. The zero-order valence-electron chi connectivity index (χ0n) is 13.5. The molecule has 1 aromatic heterocycles. The first-order valence-corrected chi connectivity index (χ1v) is 9.06. The summed E-state index contributed by atoms with van der Waals surface area (Å²) in [4.78, 5) is 8.13. The van der Waals surface area contributed by atoms with Crippen LogP contribution in [0.15, 0.2) is 65.7 Å². The van der Waals surface area contributed by atoms with Gasteiger partial charge < -0.3 is 5.73 Å². The van der Waals surface area contributed by atoms with Crippen LogP contribution < -0.4 is 10.5 Å². The van der Waals surface area contributed by atoms with E-state index in [9.17, 15) is 12.8 Å². The Hall–Kier alpha value is -3.26. The zero-order chi connectivity index (χ0) is 18.6. The second kappa shape index (κ2) is 7.32. The lowest BCUT2D eigenvalue weighted by Crippen LogP contribution is -2.15. The van der Waals surface area contributed by atoms with Crippen molar-refractivity contribution in [2.24, 2.45) is 0 Å². The first-order valence-electron chi connectivity index (χ1n) is 7.57. The maximum atomic E-state index is 12.9. The molecule has 3 rings (SSSR count). The molecule has 0 saturated heterocycles. The molecule has 0 fully saturated rings. The van der Waals surface area contributed by atoms with Gasteiger partial charge in [-0.1, -0.05) is 18.2 Å². The number of halogens is 1. The normalized spacial score (nSPS) is 11.6. The summed E-state index contributed by atoms with van der Waals surface area (Å²) >= 11 is 0. The van der Waals surface area contributed by atoms with E-state index in [2.05, 4.69) is 14.7 Å². The van der Waals surface area contributed by atoms with Crippen molar-refractivity contribution in [1.82, 2.24) is 9.97 Å². The van der Waals surface area contributed by atoms with Gasteiger partial charge in [0.1, 0.15) is 5.82 Å². The molecule has 0 atom stereocenters. The summed E-state index contributed by atoms with van der Waals surface area (Å²) in [6.45, 7) is 0. The fourth-order valence-corrected chi connectivity index (χ4v) is 3.05. The highest BCUT2D eigenvalue weighted by atomic mass is 32.2. The highest BCUT2D eigenvalue weighted by Crippen LogP contribution is 2.15. The first-order chi connectivity index (χ1) is 12.4. The van der Waals surface area contributed by atoms with Crippen molar-refractivity contribution in [2.45, 2.75) is 4.90 Å². The zero-order valence-corrected chi connectivity index (χ0v) is 14.3. The van der Waals surface area contributed by atoms with Crippen LogP contribution in [0.25, 0.3) is 12.2 Å². The lowest BCUT2D eigenvalue weighted by molar-refractivity contribution is 0.601. The monoisotopic (exact) mass is 370 g/mol. The molecule has 26 heavy (non-hydrogen) atoms. The maximum Gasteiger partial charge on any atom is 0.264 e. The second-order valence-electron chi connectivity index (χ2n) is 5.36. The van der Waals surface area contributed by atoms with E-state index in [0.29, 0.717) is 11.4 Å². The molecular formula is C18H15FN4O2S. The molecule has 0 aliphatic carbocycles. The second-order valence-corrected chi connectivity index (χ2v) is 7.05. The Balaban J connectivity index is 1.78. The molecule has 3 aromatic rings. The number of benzene rings is 2. The number of anilines is 2. The summed E-state index contributed by atoms with van der Waals surface area (Å²) in [7, 11) is -3.82. The smallest absolute Gasteiger partial charge is 0.264 e. The van der Waals surface area contributed by atoms with Crippen molar-refractivity contribution in [1.29, 1.82) is 0 Å². The summed E-state index contributed by atoms with van der Waals surface area (Å²) in [5.74, 6) is -0.369. The highest BCUT2D eigenvalue weighted by molar-refractivity contribution is 7.92. The Kier molecular flexibility index (Phi) is 4.94. The quantitative estimate of drug-likeness (QED) is 0.672. The van der Waals surface area contributed by atoms with Gasteiger partial charge in [-0.05, 0) is 54.1 Å². The first kappa shape index (κ1) is 17.6. The molecule has 1 heterocycles. The van der Waals surface area contributed by atoms with Gasteiger partial charge in [0.25, 0.3) is 10.0 Å². The van der Waals surface area contributed by atoms with Crippen molar-refractivity contribution in [3.05, 3.63) is 77.9 Å². The standard InChI is InChI=1S/C18H15FN4O2S/c19-14-4-1-13(2-5-14)3-8-16-11-12-21-18(22-16)23-26(24,25)17-9-6-15(20)7-10-17/h1-12H,20H2,(H,21,22,23)/b8-3+. The minimum absolute atomic E-state index is 0.0527. The minimum atomic E-state index is -3.82. The fraction of sp³-hybridized carbons (Fsp3) is 0. The topological polar surface area (TPSA) is 98.0 Å². The Morgan fingerprint density at radius 2 is 1.65 bits per heavy atom. The number of sulfonamides is 1. The molecule has 0 aliphatic heterocycles. The van der Waals surface area contributed by atoms with Crippen LogP contribution in [-0.2, 0) is 10.0 Å². The van der Waals surface area contributed by atoms with Crippen molar-refractivity contribution < 1.29 is 12.8 Å². The van der Waals surface area contributed by atoms with E-state index in [1.807, 2.05) is 0 Å². The van der Waals surface area contributed by atoms with E-state index in [-0.39, 0.29) is 16.7 Å². The predicted octanol–water partition coefficient (Wildman–Crippen LogP) is 3.17. The largest absolute Gasteiger partial charge is 0.399 e. The van der Waals surface area contributed by atoms with E-state index in [1.54, 1.807) is 30.4 Å². The van der Waals surface area contributed by atoms with Crippen LogP contribution in [0.5, 0.6) is 0 Å². The minimum Gasteiger partial charge on any atom is -0.399 e. The van der Waals surface area contributed by atoms with Gasteiger partial charge in [-0.2, -0.15) is 0 Å². The summed E-state index contributed by atoms with van der Waals surface area (Å²) in [6.07, 6.45) is 4.86. The lowest BCUT2D eigenvalue weighted by Gasteiger charge is -2.07. The average Bonchev–Trinajstić information content (AvgIpc) is 2.61. The molecule has 132 valence electrons. The van der Waals surface area contributed by atoms with Crippen molar-refractivity contribution in [2.75, 3.05) is 10.5 Å². The molecule has 0 aliphatic rings. The SMILES string of the molecule is Nc1ccc(S(=O)(=O)Nc2nccc(/C=C/c3ccc(F)cc3)n2)cc1. The Bertz CT molecular complexity index is 1030. The summed E-state index contributed by atoms with van der Waals surface area (Å²) in [6, 6.07) is 13.4. The third kappa shape index (κ3) is 4.42. The molecule has 0 saturated carbocycles. The van der Waals surface area contributed by atoms with Crippen molar-refractivity contribution >= 4 is 33.8 Å². The molecule has 2 aromatic carbocycles. The van der Waals surface area contributed by atoms with E-state index in [4.69, 9.17) is 5.73 Å². The van der Waals surface area contributed by atoms with Gasteiger partial charge in [0.15, 0.2) is 0 Å². The molecule has 6 nitrogen and oxygen atoms in total. The Morgan fingerprint density at radius 3 is 2.35 bits per heavy atom. The van der Waals surface area contributed by atoms with E-state index in [0.717, 1.165) is 5.56 Å². The number of nitrogens with two attached hydrogens (primary N) is 1. The van der Waals surface area contributed by atoms with E-state index in [1.165, 1.54) is 42.6 Å². The number of nitrogen functional groups attached to an aromatic ring is 1. The van der Waals surface area contributed by atoms with Crippen LogP contribution in [0, 0.1) is 5.82 Å². The van der Waals surface area contributed by atoms with Gasteiger partial charge in [-0.3, -0.25) is 0 Å². The number of hydrogen-bond donors (Lipinski definition) is 2. The van der Waals surface area contributed by atoms with Crippen molar-refractivity contribution in [3.8, 4) is 0 Å². The van der Waals surface area contributed by atoms with E-state index >= 15 is 0 Å². The van der Waals surface area contributed by atoms with Crippen LogP contribution in [0.4, 0.5) is 16.0 Å². The number of aromatic nitrogens is 2. The number of nitrogens with zero attached hydrogens (tertiary/aromatic N) is 2. The van der Waals surface area contributed by atoms with Gasteiger partial charge in [-0.15, -0.1) is 0 Å². The lowest BCUT2D eigenvalue weighted by atomic mass is 10.2. The molecule has 3 N–H and O–H groups in total. The fourth-order valence-electron chi connectivity index (χ4n) is 2.10. The van der Waals surface area contributed by atoms with Crippen LogP contribution >= 0.6 is 0 Å². The predicted molar refractivity (Wildman–Crippen MR) is 99.0 cm³/mol. The van der Waals surface area contributed by atoms with Gasteiger partial charge in [0, 0.05) is 11.9 Å². The number of hydrogen-bond acceptors (Lipinski definition) is 5. The number of rotatable bonds is 5. The maximum absolute atomic E-state index is 12.9. The Morgan fingerprint density at radius 1 is 0.962 bits per heavy atom. The molecule has 8 heteroatoms. The highest BCUT2D eigenvalue weighted by Gasteiger charge is 2.15. The number of nitrogens with one attached hydrogen (secondary N) is 1. The van der Waals surface area contributed by atoms with Crippen LogP contribution in [0.3, 0.4) is 0 Å². The van der Waals surface area contributed by atoms with Gasteiger partial charge in [0.05, 0.1) is 10.6 Å². The molecule has 0 radical (unpaired) electrons. The van der Waals surface area contributed by atoms with Crippen LogP contribution in [0.2, 0.25) is 0 Å². The van der Waals surface area contributed by atoms with Gasteiger partial charge >= 0.3 is 0 Å². The average molecular weight is 370 g/mol. The van der Waals surface area contributed by atoms with E-state index < -0.39 is 10.0 Å². The van der Waals surface area contributed by atoms with Crippen molar-refractivity contribution in [3.63, 3.8) is 0 Å². The molecule has 0 amide bonds. The van der Waals surface area contributed by atoms with Crippen LogP contribution in [-0.4, -0.2) is 18.4 Å². The third-order valence-electron chi connectivity index (χ3n) is 3.41. The van der Waals surface area contributed by atoms with Gasteiger partial charge in [0.2, 0.25) is 5.95 Å². The van der Waals surface area contributed by atoms with Gasteiger partial charge in [-0.25, -0.2) is 27.5 Å².